The molecule has 0 unspecified atom stereocenters. The number of nitrogens with zero attached hydrogens (tertiary/aromatic N) is 1. The lowest BCUT2D eigenvalue weighted by Crippen LogP contribution is -2.05. The van der Waals surface area contributed by atoms with Crippen molar-refractivity contribution in [2.75, 3.05) is 0 Å². The number of carbonyl (C=O) groups is 1. The van der Waals surface area contributed by atoms with Crippen molar-refractivity contribution in [1.29, 1.82) is 0 Å². The van der Waals surface area contributed by atoms with Gasteiger partial charge in [0.2, 0.25) is 11.7 Å². The van der Waals surface area contributed by atoms with Gasteiger partial charge in [-0.25, -0.2) is 0 Å². The molecule has 0 bridgehead atoms. The highest BCUT2D eigenvalue weighted by Crippen LogP contribution is 2.29. The van der Waals surface area contributed by atoms with E-state index in [2.05, 4.69) is 0 Å². The molecular formula is C9H8N2O4. The predicted octanol–water partition coefficient (Wildman–Crippen LogP) is 0.799. The highest BCUT2D eigenvalue weighted by atomic mass is 16.6. The molecule has 1 amide bonds. The second-order valence-corrected chi connectivity index (χ2v) is 2.71. The molecule has 1 aromatic carbocycles. The third kappa shape index (κ3) is 2.53. The second kappa shape index (κ2) is 4.23. The summed E-state index contributed by atoms with van der Waals surface area (Å²) in [4.78, 5) is 20.2. The van der Waals surface area contributed by atoms with Gasteiger partial charge in [-0.3, -0.25) is 14.9 Å². The largest absolute Gasteiger partial charge is 0.502 e. The number of aromatic hydroxyl groups is 1. The summed E-state index contributed by atoms with van der Waals surface area (Å²) in [5, 5.41) is 19.9. The van der Waals surface area contributed by atoms with E-state index in [1.165, 1.54) is 18.2 Å². The first kappa shape index (κ1) is 10.7. The fourth-order valence-electron chi connectivity index (χ4n) is 1.00. The number of hydrogen-bond acceptors (Lipinski definition) is 4. The fraction of sp³-hybridized carbons (Fsp3) is 0. The van der Waals surface area contributed by atoms with Crippen LogP contribution in [-0.4, -0.2) is 15.9 Å². The number of phenols is 1. The van der Waals surface area contributed by atoms with Crippen molar-refractivity contribution in [3.8, 4) is 5.75 Å². The number of amides is 1. The molecule has 1 rings (SSSR count). The van der Waals surface area contributed by atoms with Gasteiger partial charge in [0, 0.05) is 17.7 Å². The van der Waals surface area contributed by atoms with E-state index in [0.717, 1.165) is 12.1 Å². The summed E-state index contributed by atoms with van der Waals surface area (Å²) in [6.07, 6.45) is 2.23. The zero-order valence-electron chi connectivity index (χ0n) is 7.58. The number of phenolic OH excluding ortho intramolecular Hbond substituents is 1. The van der Waals surface area contributed by atoms with Crippen LogP contribution < -0.4 is 5.73 Å². The molecule has 0 radical (unpaired) electrons. The molecule has 1 aromatic rings. The average molecular weight is 208 g/mol. The van der Waals surface area contributed by atoms with Crippen LogP contribution in [0.5, 0.6) is 5.75 Å². The van der Waals surface area contributed by atoms with Crippen LogP contribution in [-0.2, 0) is 4.79 Å². The van der Waals surface area contributed by atoms with Crippen LogP contribution in [0.2, 0.25) is 0 Å². The Morgan fingerprint density at radius 3 is 2.73 bits per heavy atom. The van der Waals surface area contributed by atoms with Crippen molar-refractivity contribution >= 4 is 17.7 Å². The standard InChI is InChI=1S/C9H8N2O4/c10-8(12)5-4-6-2-1-3-7(9(6)13)11(14)15/h1-5,13H,(H2,10,12)/b5-4+. The number of carbonyl (C=O) groups excluding carboxylic acids is 1. The molecule has 0 atom stereocenters. The predicted molar refractivity (Wildman–Crippen MR) is 53.0 cm³/mol. The lowest BCUT2D eigenvalue weighted by atomic mass is 10.1. The van der Waals surface area contributed by atoms with Gasteiger partial charge >= 0.3 is 5.69 Å². The van der Waals surface area contributed by atoms with Gasteiger partial charge in [-0.05, 0) is 6.08 Å². The first-order valence-corrected chi connectivity index (χ1v) is 3.96. The molecular weight excluding hydrogens is 200 g/mol. The normalized spacial score (nSPS) is 10.4. The molecule has 78 valence electrons. The summed E-state index contributed by atoms with van der Waals surface area (Å²) < 4.78 is 0. The Morgan fingerprint density at radius 1 is 1.53 bits per heavy atom. The van der Waals surface area contributed by atoms with Gasteiger partial charge in [0.25, 0.3) is 0 Å². The van der Waals surface area contributed by atoms with Crippen molar-refractivity contribution in [2.24, 2.45) is 5.73 Å². The first-order valence-electron chi connectivity index (χ1n) is 3.96. The smallest absolute Gasteiger partial charge is 0.311 e. The lowest BCUT2D eigenvalue weighted by Gasteiger charge is -1.98. The van der Waals surface area contributed by atoms with Crippen molar-refractivity contribution < 1.29 is 14.8 Å². The molecule has 0 aliphatic rings. The molecule has 6 heteroatoms. The molecule has 0 saturated carbocycles. The number of rotatable bonds is 3. The van der Waals surface area contributed by atoms with Gasteiger partial charge in [0.1, 0.15) is 0 Å². The molecule has 0 aromatic heterocycles. The van der Waals surface area contributed by atoms with E-state index in [1.807, 2.05) is 0 Å². The van der Waals surface area contributed by atoms with Gasteiger partial charge in [-0.2, -0.15) is 0 Å². The zero-order valence-corrected chi connectivity index (χ0v) is 7.58. The number of benzene rings is 1. The van der Waals surface area contributed by atoms with Crippen LogP contribution in [0.25, 0.3) is 6.08 Å². The fourth-order valence-corrected chi connectivity index (χ4v) is 1.00. The van der Waals surface area contributed by atoms with Crippen LogP contribution in [0.15, 0.2) is 24.3 Å². The third-order valence-electron chi connectivity index (χ3n) is 1.67. The minimum atomic E-state index is -0.711. The summed E-state index contributed by atoms with van der Waals surface area (Å²) in [6, 6.07) is 4.00. The number of para-hydroxylation sites is 1. The topological polar surface area (TPSA) is 106 Å². The number of nitrogens with two attached hydrogens (primary N) is 1. The zero-order chi connectivity index (χ0) is 11.4. The van der Waals surface area contributed by atoms with Crippen LogP contribution in [0, 0.1) is 10.1 Å². The van der Waals surface area contributed by atoms with E-state index < -0.39 is 22.3 Å². The summed E-state index contributed by atoms with van der Waals surface area (Å²) in [5.74, 6) is -1.18. The van der Waals surface area contributed by atoms with Gasteiger partial charge in [0.15, 0.2) is 0 Å². The second-order valence-electron chi connectivity index (χ2n) is 2.71. The number of nitro groups is 1. The molecule has 6 nitrogen and oxygen atoms in total. The van der Waals surface area contributed by atoms with E-state index in [1.54, 1.807) is 0 Å². The van der Waals surface area contributed by atoms with Crippen LogP contribution >= 0.6 is 0 Å². The first-order chi connectivity index (χ1) is 7.02. The number of nitro benzene ring substituents is 1. The Balaban J connectivity index is 3.15. The molecule has 0 fully saturated rings. The molecule has 0 aliphatic heterocycles. The van der Waals surface area contributed by atoms with E-state index in [4.69, 9.17) is 5.73 Å². The van der Waals surface area contributed by atoms with Gasteiger partial charge in [-0.1, -0.05) is 12.1 Å². The van der Waals surface area contributed by atoms with Crippen molar-refractivity contribution in [3.63, 3.8) is 0 Å². The molecule has 15 heavy (non-hydrogen) atoms. The monoisotopic (exact) mass is 208 g/mol. The third-order valence-corrected chi connectivity index (χ3v) is 1.67. The van der Waals surface area contributed by atoms with Crippen molar-refractivity contribution in [3.05, 3.63) is 40.0 Å². The maximum absolute atomic E-state index is 10.4. The maximum Gasteiger partial charge on any atom is 0.311 e. The van der Waals surface area contributed by atoms with Gasteiger partial charge in [0.05, 0.1) is 4.92 Å². The highest BCUT2D eigenvalue weighted by molar-refractivity contribution is 5.90. The van der Waals surface area contributed by atoms with Crippen molar-refractivity contribution in [1.82, 2.24) is 0 Å². The van der Waals surface area contributed by atoms with E-state index >= 15 is 0 Å². The highest BCUT2D eigenvalue weighted by Gasteiger charge is 2.14. The van der Waals surface area contributed by atoms with Crippen molar-refractivity contribution in [2.45, 2.75) is 0 Å². The lowest BCUT2D eigenvalue weighted by molar-refractivity contribution is -0.385. The summed E-state index contributed by atoms with van der Waals surface area (Å²) in [7, 11) is 0. The Kier molecular flexibility index (Phi) is 3.02. The molecule has 0 heterocycles. The van der Waals surface area contributed by atoms with E-state index in [0.29, 0.717) is 0 Å². The molecule has 3 N–H and O–H groups in total. The maximum atomic E-state index is 10.4. The molecule has 0 aliphatic carbocycles. The summed E-state index contributed by atoms with van der Waals surface area (Å²) >= 11 is 0. The number of hydrogen-bond donors (Lipinski definition) is 2. The Labute approximate surface area is 84.8 Å². The number of primary amides is 1. The van der Waals surface area contributed by atoms with Gasteiger partial charge in [-0.15, -0.1) is 0 Å². The summed E-state index contributed by atoms with van der Waals surface area (Å²) in [5.41, 5.74) is 4.60. The minimum absolute atomic E-state index is 0.169. The van der Waals surface area contributed by atoms with Crippen LogP contribution in [0.1, 0.15) is 5.56 Å². The average Bonchev–Trinajstić information content (AvgIpc) is 2.15. The SMILES string of the molecule is NC(=O)/C=C/c1cccc([N+](=O)[O-])c1O. The Hall–Kier alpha value is -2.37. The quantitative estimate of drug-likeness (QED) is 0.435. The Morgan fingerprint density at radius 2 is 2.20 bits per heavy atom. The minimum Gasteiger partial charge on any atom is -0.502 e. The van der Waals surface area contributed by atoms with E-state index in [-0.39, 0.29) is 5.56 Å². The summed E-state index contributed by atoms with van der Waals surface area (Å²) in [6.45, 7) is 0. The van der Waals surface area contributed by atoms with Gasteiger partial charge < -0.3 is 10.8 Å². The van der Waals surface area contributed by atoms with Crippen LogP contribution in [0.4, 0.5) is 5.69 Å². The van der Waals surface area contributed by atoms with Crippen LogP contribution in [0.3, 0.4) is 0 Å². The van der Waals surface area contributed by atoms with E-state index in [9.17, 15) is 20.0 Å². The Bertz CT molecular complexity index is 440. The molecule has 0 saturated heterocycles. The molecule has 0 spiro atoms.